The molecule has 1 saturated heterocycles. The second kappa shape index (κ2) is 9.48. The molecule has 0 aliphatic carbocycles. The van der Waals surface area contributed by atoms with Crippen molar-refractivity contribution in [1.82, 2.24) is 9.62 Å². The molecule has 0 spiro atoms. The predicted octanol–water partition coefficient (Wildman–Crippen LogP) is 2.23. The van der Waals surface area contributed by atoms with Crippen LogP contribution in [0, 0.1) is 0 Å². The van der Waals surface area contributed by atoms with E-state index in [1.807, 2.05) is 32.0 Å². The number of morpholine rings is 1. The highest BCUT2D eigenvalue weighted by molar-refractivity contribution is 7.89. The summed E-state index contributed by atoms with van der Waals surface area (Å²) in [7, 11) is -3.63. The summed E-state index contributed by atoms with van der Waals surface area (Å²) < 4.78 is 44.0. The van der Waals surface area contributed by atoms with E-state index in [0.29, 0.717) is 44.8 Å². The Kier molecular flexibility index (Phi) is 6.68. The fourth-order valence-corrected chi connectivity index (χ4v) is 5.51. The predicted molar refractivity (Wildman–Crippen MR) is 119 cm³/mol. The number of amides is 1. The van der Waals surface area contributed by atoms with Gasteiger partial charge >= 0.3 is 0 Å². The van der Waals surface area contributed by atoms with Crippen LogP contribution in [-0.2, 0) is 21.2 Å². The van der Waals surface area contributed by atoms with Crippen LogP contribution in [0.25, 0.3) is 0 Å². The number of hydrogen-bond donors (Lipinski definition) is 1. The molecule has 4 rings (SSSR count). The quantitative estimate of drug-likeness (QED) is 0.711. The lowest BCUT2D eigenvalue weighted by Crippen LogP contribution is -2.48. The average Bonchev–Trinajstić information content (AvgIpc) is 2.78. The van der Waals surface area contributed by atoms with Crippen molar-refractivity contribution in [3.05, 3.63) is 53.6 Å². The maximum absolute atomic E-state index is 12.9. The molecule has 0 aromatic heterocycles. The first kappa shape index (κ1) is 22.6. The minimum absolute atomic E-state index is 0.159. The number of nitrogens with zero attached hydrogens (tertiary/aromatic N) is 1. The molecule has 172 valence electrons. The van der Waals surface area contributed by atoms with Gasteiger partial charge in [0.25, 0.3) is 5.91 Å². The van der Waals surface area contributed by atoms with Crippen LogP contribution in [0.3, 0.4) is 0 Å². The van der Waals surface area contributed by atoms with E-state index in [1.54, 1.807) is 12.1 Å². The highest BCUT2D eigenvalue weighted by Gasteiger charge is 2.32. The maximum atomic E-state index is 12.9. The van der Waals surface area contributed by atoms with E-state index in [-0.39, 0.29) is 23.0 Å². The molecule has 2 heterocycles. The van der Waals surface area contributed by atoms with Crippen molar-refractivity contribution in [2.24, 2.45) is 0 Å². The van der Waals surface area contributed by atoms with Gasteiger partial charge in [-0.15, -0.1) is 0 Å². The SMILES string of the molecule is C[C@@H]1CN(S(=O)(=O)c2ccc(C(=O)NCCc3ccc4c(c3)OCCO4)cc2)C[C@H](C)O1. The lowest BCUT2D eigenvalue weighted by Gasteiger charge is -2.34. The minimum atomic E-state index is -3.63. The second-order valence-corrected chi connectivity index (χ2v) is 10.0. The number of carbonyl (C=O) groups excluding carboxylic acids is 1. The van der Waals surface area contributed by atoms with Gasteiger partial charge in [-0.05, 0) is 62.2 Å². The van der Waals surface area contributed by atoms with Crippen molar-refractivity contribution >= 4 is 15.9 Å². The summed E-state index contributed by atoms with van der Waals surface area (Å²) in [6.45, 7) is 5.87. The first-order chi connectivity index (χ1) is 15.3. The molecule has 2 aromatic carbocycles. The van der Waals surface area contributed by atoms with Crippen molar-refractivity contribution < 1.29 is 27.4 Å². The average molecular weight is 461 g/mol. The number of benzene rings is 2. The molecule has 1 N–H and O–H groups in total. The number of ether oxygens (including phenoxy) is 3. The van der Waals surface area contributed by atoms with Gasteiger partial charge in [0.2, 0.25) is 10.0 Å². The summed E-state index contributed by atoms with van der Waals surface area (Å²) in [5, 5.41) is 2.87. The summed E-state index contributed by atoms with van der Waals surface area (Å²) in [4.78, 5) is 12.7. The van der Waals surface area contributed by atoms with Crippen molar-refractivity contribution in [1.29, 1.82) is 0 Å². The number of sulfonamides is 1. The van der Waals surface area contributed by atoms with Gasteiger partial charge < -0.3 is 19.5 Å². The van der Waals surface area contributed by atoms with Crippen molar-refractivity contribution in [3.63, 3.8) is 0 Å². The maximum Gasteiger partial charge on any atom is 0.251 e. The third-order valence-electron chi connectivity index (χ3n) is 5.45. The van der Waals surface area contributed by atoms with Crippen LogP contribution in [0.4, 0.5) is 0 Å². The molecule has 9 heteroatoms. The van der Waals surface area contributed by atoms with Crippen molar-refractivity contribution in [2.75, 3.05) is 32.8 Å². The molecule has 8 nitrogen and oxygen atoms in total. The van der Waals surface area contributed by atoms with E-state index in [0.717, 1.165) is 17.1 Å². The normalized spacial score (nSPS) is 21.2. The highest BCUT2D eigenvalue weighted by atomic mass is 32.2. The Bertz CT molecular complexity index is 1060. The third-order valence-corrected chi connectivity index (χ3v) is 7.29. The van der Waals surface area contributed by atoms with Crippen LogP contribution in [0.1, 0.15) is 29.8 Å². The van der Waals surface area contributed by atoms with E-state index in [9.17, 15) is 13.2 Å². The standard InChI is InChI=1S/C23H28N2O6S/c1-16-14-25(15-17(2)31-16)32(27,28)20-6-4-19(5-7-20)23(26)24-10-9-18-3-8-21-22(13-18)30-12-11-29-21/h3-8,13,16-17H,9-12,14-15H2,1-2H3,(H,24,26)/t16-,17+. The largest absolute Gasteiger partial charge is 0.486 e. The monoisotopic (exact) mass is 460 g/mol. The van der Waals surface area contributed by atoms with Gasteiger partial charge in [0, 0.05) is 25.2 Å². The fraction of sp³-hybridized carbons (Fsp3) is 0.435. The molecule has 32 heavy (non-hydrogen) atoms. The van der Waals surface area contributed by atoms with Gasteiger partial charge in [-0.3, -0.25) is 4.79 Å². The molecular formula is C23H28N2O6S. The first-order valence-corrected chi connectivity index (χ1v) is 12.2. The van der Waals surface area contributed by atoms with Gasteiger partial charge in [0.1, 0.15) is 13.2 Å². The molecule has 1 fully saturated rings. The molecule has 2 aliphatic rings. The van der Waals surface area contributed by atoms with Gasteiger partial charge in [-0.25, -0.2) is 8.42 Å². The Hall–Kier alpha value is -2.62. The molecule has 2 aliphatic heterocycles. The van der Waals surface area contributed by atoms with Crippen LogP contribution >= 0.6 is 0 Å². The van der Waals surface area contributed by atoms with Crippen molar-refractivity contribution in [3.8, 4) is 11.5 Å². The number of rotatable bonds is 6. The Labute approximate surface area is 188 Å². The van der Waals surface area contributed by atoms with E-state index in [1.165, 1.54) is 16.4 Å². The zero-order valence-electron chi connectivity index (χ0n) is 18.2. The second-order valence-electron chi connectivity index (χ2n) is 8.09. The summed E-state index contributed by atoms with van der Waals surface area (Å²) in [5.41, 5.74) is 1.44. The number of fused-ring (bicyclic) bond motifs is 1. The van der Waals surface area contributed by atoms with Crippen LogP contribution in [0.5, 0.6) is 11.5 Å². The van der Waals surface area contributed by atoms with Gasteiger partial charge in [-0.2, -0.15) is 4.31 Å². The number of nitrogens with one attached hydrogen (secondary N) is 1. The highest BCUT2D eigenvalue weighted by Crippen LogP contribution is 2.30. The van der Waals surface area contributed by atoms with Crippen LogP contribution in [0.15, 0.2) is 47.4 Å². The summed E-state index contributed by atoms with van der Waals surface area (Å²) in [6.07, 6.45) is 0.322. The van der Waals surface area contributed by atoms with Crippen LogP contribution in [-0.4, -0.2) is 63.7 Å². The zero-order chi connectivity index (χ0) is 22.7. The Morgan fingerprint density at radius 1 is 1.00 bits per heavy atom. The van der Waals surface area contributed by atoms with E-state index in [4.69, 9.17) is 14.2 Å². The van der Waals surface area contributed by atoms with Crippen molar-refractivity contribution in [2.45, 2.75) is 37.4 Å². The Morgan fingerprint density at radius 3 is 2.34 bits per heavy atom. The van der Waals surface area contributed by atoms with E-state index < -0.39 is 10.0 Å². The number of hydrogen-bond acceptors (Lipinski definition) is 6. The molecule has 0 saturated carbocycles. The molecule has 0 bridgehead atoms. The summed E-state index contributed by atoms with van der Waals surface area (Å²) in [5.74, 6) is 1.21. The minimum Gasteiger partial charge on any atom is -0.486 e. The summed E-state index contributed by atoms with van der Waals surface area (Å²) in [6, 6.07) is 11.8. The number of carbonyl (C=O) groups is 1. The van der Waals surface area contributed by atoms with Gasteiger partial charge in [0.05, 0.1) is 17.1 Å². The molecule has 0 unspecified atom stereocenters. The summed E-state index contributed by atoms with van der Waals surface area (Å²) >= 11 is 0. The topological polar surface area (TPSA) is 94.2 Å². The molecule has 1 amide bonds. The smallest absolute Gasteiger partial charge is 0.251 e. The zero-order valence-corrected chi connectivity index (χ0v) is 19.1. The lowest BCUT2D eigenvalue weighted by atomic mass is 10.1. The molecule has 0 radical (unpaired) electrons. The lowest BCUT2D eigenvalue weighted by molar-refractivity contribution is -0.0440. The van der Waals surface area contributed by atoms with Crippen LogP contribution in [0.2, 0.25) is 0 Å². The third kappa shape index (κ3) is 5.06. The van der Waals surface area contributed by atoms with Gasteiger partial charge in [0.15, 0.2) is 11.5 Å². The van der Waals surface area contributed by atoms with E-state index >= 15 is 0 Å². The Balaban J connectivity index is 1.34. The molecular weight excluding hydrogens is 432 g/mol. The van der Waals surface area contributed by atoms with Gasteiger partial charge in [-0.1, -0.05) is 6.07 Å². The van der Waals surface area contributed by atoms with Crippen LogP contribution < -0.4 is 14.8 Å². The fourth-order valence-electron chi connectivity index (χ4n) is 3.92. The molecule has 2 aromatic rings. The first-order valence-electron chi connectivity index (χ1n) is 10.8. The Morgan fingerprint density at radius 2 is 1.66 bits per heavy atom. The van der Waals surface area contributed by atoms with E-state index in [2.05, 4.69) is 5.32 Å². The molecule has 2 atom stereocenters.